The number of nitrogens with zero attached hydrogens (tertiary/aromatic N) is 7. The van der Waals surface area contributed by atoms with Gasteiger partial charge in [-0.25, -0.2) is 15.0 Å². The van der Waals surface area contributed by atoms with Crippen molar-refractivity contribution in [3.8, 4) is 5.75 Å². The van der Waals surface area contributed by atoms with Crippen LogP contribution in [0.2, 0.25) is 0 Å². The summed E-state index contributed by atoms with van der Waals surface area (Å²) in [5.74, 6) is -0.956. The zero-order valence-electron chi connectivity index (χ0n) is 37.8. The van der Waals surface area contributed by atoms with Crippen molar-refractivity contribution in [1.29, 1.82) is 0 Å². The molecular weight excluding hydrogens is 867 g/mol. The van der Waals surface area contributed by atoms with Crippen molar-refractivity contribution in [2.45, 2.75) is 75.9 Å². The quantitative estimate of drug-likeness (QED) is 0.109. The van der Waals surface area contributed by atoms with Gasteiger partial charge in [0.25, 0.3) is 17.7 Å². The molecule has 3 aromatic carbocycles. The molecule has 5 heterocycles. The third kappa shape index (κ3) is 9.63. The Labute approximate surface area is 393 Å². The number of piperazine rings is 1. The average molecular weight is 922 g/mol. The molecule has 352 valence electrons. The molecule has 5 aromatic rings. The average Bonchev–Trinajstić information content (AvgIpc) is 3.88. The van der Waals surface area contributed by atoms with Crippen LogP contribution in [0.3, 0.4) is 0 Å². The van der Waals surface area contributed by atoms with Crippen LogP contribution < -0.4 is 30.9 Å². The summed E-state index contributed by atoms with van der Waals surface area (Å²) in [5.41, 5.74) is 4.72. The van der Waals surface area contributed by atoms with Crippen molar-refractivity contribution < 1.29 is 33.5 Å². The first-order valence-corrected chi connectivity index (χ1v) is 23.7. The van der Waals surface area contributed by atoms with Gasteiger partial charge in [0, 0.05) is 69.1 Å². The van der Waals surface area contributed by atoms with Crippen molar-refractivity contribution in [3.05, 3.63) is 102 Å². The summed E-state index contributed by atoms with van der Waals surface area (Å²) in [7, 11) is 0. The highest BCUT2D eigenvalue weighted by molar-refractivity contribution is 6.24. The normalized spacial score (nSPS) is 22.9. The molecule has 18 nitrogen and oxygen atoms in total. The maximum Gasteiger partial charge on any atom is 0.266 e. The molecule has 2 saturated carbocycles. The van der Waals surface area contributed by atoms with Gasteiger partial charge in [0.15, 0.2) is 23.6 Å². The number of aromatic nitrogens is 4. The van der Waals surface area contributed by atoms with Crippen LogP contribution in [-0.2, 0) is 25.6 Å². The summed E-state index contributed by atoms with van der Waals surface area (Å²) < 4.78 is 7.86. The highest BCUT2D eigenvalue weighted by Gasteiger charge is 2.46. The molecule has 10 rings (SSSR count). The van der Waals surface area contributed by atoms with E-state index in [1.54, 1.807) is 12.4 Å². The Morgan fingerprint density at radius 3 is 2.31 bits per heavy atom. The Hall–Kier alpha value is -7.21. The number of amides is 6. The number of anilines is 3. The summed E-state index contributed by atoms with van der Waals surface area (Å²) in [4.78, 5) is 95.7. The molecule has 0 bridgehead atoms. The van der Waals surface area contributed by atoms with Crippen LogP contribution in [0.4, 0.5) is 17.2 Å². The van der Waals surface area contributed by atoms with E-state index in [-0.39, 0.29) is 60.2 Å². The number of hydrogen-bond acceptors (Lipinski definition) is 13. The van der Waals surface area contributed by atoms with Gasteiger partial charge in [0.05, 0.1) is 23.9 Å². The highest BCUT2D eigenvalue weighted by Crippen LogP contribution is 2.37. The SMILES string of the molecule is O=C(COc1cccc2c1C(=O)N(C1CCC(=O)NC1=O)C2=O)NCC1CCC(CN2CCN(c3ccc(Nc4ncnc5c4ncn5C4CC(NC(=O)Cc5ccccc5)C4)cc3)CC2)CC1. The van der Waals surface area contributed by atoms with Crippen molar-refractivity contribution >= 4 is 63.8 Å². The molecule has 1 atom stereocenters. The Morgan fingerprint density at radius 2 is 1.54 bits per heavy atom. The Balaban J connectivity index is 0.626. The number of fused-ring (bicyclic) bond motifs is 2. The van der Waals surface area contributed by atoms with Gasteiger partial charge >= 0.3 is 0 Å². The van der Waals surface area contributed by atoms with Gasteiger partial charge in [-0.1, -0.05) is 36.4 Å². The number of imide groups is 2. The van der Waals surface area contributed by atoms with Gasteiger partial charge in [-0.15, -0.1) is 0 Å². The fraction of sp³-hybridized carbons (Fsp3) is 0.420. The number of ether oxygens (including phenoxy) is 1. The molecule has 68 heavy (non-hydrogen) atoms. The van der Waals surface area contributed by atoms with Crippen LogP contribution in [0.1, 0.15) is 83.7 Å². The minimum atomic E-state index is -1.08. The Morgan fingerprint density at radius 1 is 0.779 bits per heavy atom. The first kappa shape index (κ1) is 44.6. The third-order valence-corrected chi connectivity index (χ3v) is 14.2. The van der Waals surface area contributed by atoms with E-state index in [2.05, 4.69) is 74.9 Å². The molecule has 6 amide bonds. The second kappa shape index (κ2) is 19.6. The van der Waals surface area contributed by atoms with Crippen molar-refractivity contribution in [3.63, 3.8) is 0 Å². The fourth-order valence-electron chi connectivity index (χ4n) is 10.3. The molecule has 2 aromatic heterocycles. The van der Waals surface area contributed by atoms with Crippen molar-refractivity contribution in [2.24, 2.45) is 11.8 Å². The summed E-state index contributed by atoms with van der Waals surface area (Å²) in [6.07, 6.45) is 9.79. The van der Waals surface area contributed by atoms with Crippen molar-refractivity contribution in [2.75, 3.05) is 56.1 Å². The smallest absolute Gasteiger partial charge is 0.266 e. The number of imidazole rings is 1. The van der Waals surface area contributed by atoms with Gasteiger partial charge in [0.1, 0.15) is 18.1 Å². The number of benzene rings is 3. The number of nitrogens with one attached hydrogen (secondary N) is 4. The molecule has 0 spiro atoms. The molecule has 5 aliphatic rings. The van der Waals surface area contributed by atoms with E-state index in [1.165, 1.54) is 17.8 Å². The minimum Gasteiger partial charge on any atom is -0.483 e. The van der Waals surface area contributed by atoms with E-state index in [1.807, 2.05) is 36.7 Å². The zero-order valence-corrected chi connectivity index (χ0v) is 37.8. The molecule has 3 aliphatic heterocycles. The number of piperidine rings is 1. The second-order valence-electron chi connectivity index (χ2n) is 18.7. The van der Waals surface area contributed by atoms with Crippen LogP contribution in [0.25, 0.3) is 11.2 Å². The van der Waals surface area contributed by atoms with Gasteiger partial charge in [-0.2, -0.15) is 0 Å². The monoisotopic (exact) mass is 921 g/mol. The standard InChI is InChI=1S/C50H55N11O7/c62-41-18-17-39(48(65)57-41)61-49(66)38-7-4-8-40(44(38)50(61)67)68-28-43(64)51-26-32-9-11-33(12-10-32)27-58-19-21-59(22-20-58)36-15-13-34(14-16-36)56-46-45-47(53-29-52-46)60(30-54-45)37-24-35(25-37)55-42(63)23-31-5-2-1-3-6-31/h1-8,13-16,29-30,32-33,35,37,39H,9-12,17-28H2,(H,51,64)(H,55,63)(H,52,53,56)(H,57,62,65). The van der Waals surface area contributed by atoms with Gasteiger partial charge in [0.2, 0.25) is 17.7 Å². The molecule has 18 heteroatoms. The number of carbonyl (C=O) groups excluding carboxylic acids is 6. The number of hydrogen-bond donors (Lipinski definition) is 4. The minimum absolute atomic E-state index is 0.0207. The fourth-order valence-corrected chi connectivity index (χ4v) is 10.3. The van der Waals surface area contributed by atoms with Crippen molar-refractivity contribution in [1.82, 2.24) is 45.3 Å². The van der Waals surface area contributed by atoms with Crippen LogP contribution >= 0.6 is 0 Å². The first-order chi connectivity index (χ1) is 33.1. The Bertz CT molecular complexity index is 2710. The predicted octanol–water partition coefficient (Wildman–Crippen LogP) is 4.16. The van der Waals surface area contributed by atoms with Crippen LogP contribution in [0.5, 0.6) is 5.75 Å². The maximum atomic E-state index is 13.4. The predicted molar refractivity (Wildman–Crippen MR) is 251 cm³/mol. The second-order valence-corrected chi connectivity index (χ2v) is 18.7. The maximum absolute atomic E-state index is 13.4. The van der Waals surface area contributed by atoms with E-state index in [0.717, 1.165) is 93.0 Å². The van der Waals surface area contributed by atoms with Gasteiger partial charge < -0.3 is 30.2 Å². The first-order valence-electron chi connectivity index (χ1n) is 23.7. The molecule has 4 N–H and O–H groups in total. The van der Waals surface area contributed by atoms with E-state index >= 15 is 0 Å². The van der Waals surface area contributed by atoms with Gasteiger partial charge in [-0.05, 0) is 98.7 Å². The molecular formula is C50H55N11O7. The molecule has 4 fully saturated rings. The topological polar surface area (TPSA) is 213 Å². The highest BCUT2D eigenvalue weighted by atomic mass is 16.5. The zero-order chi connectivity index (χ0) is 46.7. The van der Waals surface area contributed by atoms with Crippen LogP contribution in [0.15, 0.2) is 85.5 Å². The lowest BCUT2D eigenvalue weighted by Gasteiger charge is -2.39. The summed E-state index contributed by atoms with van der Waals surface area (Å²) in [5, 5.41) is 11.8. The number of carbonyl (C=O) groups is 6. The molecule has 2 saturated heterocycles. The van der Waals surface area contributed by atoms with Crippen LogP contribution in [-0.4, -0.2) is 123 Å². The lowest BCUT2D eigenvalue weighted by atomic mass is 9.81. The number of rotatable bonds is 15. The van der Waals surface area contributed by atoms with E-state index < -0.39 is 29.7 Å². The summed E-state index contributed by atoms with van der Waals surface area (Å²) >= 11 is 0. The van der Waals surface area contributed by atoms with E-state index in [4.69, 9.17) is 4.74 Å². The molecule has 0 radical (unpaired) electrons. The lowest BCUT2D eigenvalue weighted by Crippen LogP contribution is -2.54. The largest absolute Gasteiger partial charge is 0.483 e. The van der Waals surface area contributed by atoms with E-state index in [0.29, 0.717) is 36.1 Å². The summed E-state index contributed by atoms with van der Waals surface area (Å²) in [6.45, 7) is 5.20. The summed E-state index contributed by atoms with van der Waals surface area (Å²) in [6, 6.07) is 22.1. The van der Waals surface area contributed by atoms with Crippen LogP contribution in [0, 0.1) is 11.8 Å². The lowest BCUT2D eigenvalue weighted by molar-refractivity contribution is -0.136. The molecule has 1 unspecified atom stereocenters. The van der Waals surface area contributed by atoms with Gasteiger partial charge in [-0.3, -0.25) is 43.9 Å². The Kier molecular flexibility index (Phi) is 12.8. The molecule has 2 aliphatic carbocycles. The third-order valence-electron chi connectivity index (χ3n) is 14.2. The van der Waals surface area contributed by atoms with E-state index in [9.17, 15) is 28.8 Å².